The fourth-order valence-electron chi connectivity index (χ4n) is 3.07. The molecule has 0 aromatic heterocycles. The third kappa shape index (κ3) is 1.19. The van der Waals surface area contributed by atoms with Gasteiger partial charge in [-0.25, -0.2) is 0 Å². The first-order valence-electron chi connectivity index (χ1n) is 6.09. The van der Waals surface area contributed by atoms with Crippen molar-refractivity contribution in [2.24, 2.45) is 5.73 Å². The van der Waals surface area contributed by atoms with E-state index in [-0.39, 0.29) is 5.54 Å². The largest absolute Gasteiger partial charge is 0.324 e. The van der Waals surface area contributed by atoms with Crippen LogP contribution in [0.4, 0.5) is 0 Å². The average molecular weight is 201 g/mol. The topological polar surface area (TPSA) is 26.0 Å². The SMILES string of the molecule is CCc1ccccc1C1(C2(N)CC2)CC1. The van der Waals surface area contributed by atoms with Gasteiger partial charge in [0.1, 0.15) is 0 Å². The predicted molar refractivity (Wildman–Crippen MR) is 62.9 cm³/mol. The molecule has 1 aromatic rings. The molecule has 1 heteroatoms. The van der Waals surface area contributed by atoms with Crippen LogP contribution in [0.3, 0.4) is 0 Å². The summed E-state index contributed by atoms with van der Waals surface area (Å²) in [6.45, 7) is 2.24. The van der Waals surface area contributed by atoms with Crippen LogP contribution in [-0.4, -0.2) is 5.54 Å². The lowest BCUT2D eigenvalue weighted by atomic mass is 9.83. The lowest BCUT2D eigenvalue weighted by Crippen LogP contribution is -2.37. The van der Waals surface area contributed by atoms with Crippen LogP contribution in [0.25, 0.3) is 0 Å². The first kappa shape index (κ1) is 9.41. The van der Waals surface area contributed by atoms with Gasteiger partial charge < -0.3 is 5.73 Å². The van der Waals surface area contributed by atoms with Crippen LogP contribution in [-0.2, 0) is 11.8 Å². The van der Waals surface area contributed by atoms with Gasteiger partial charge in [-0.05, 0) is 43.2 Å². The number of benzene rings is 1. The summed E-state index contributed by atoms with van der Waals surface area (Å²) in [4.78, 5) is 0. The second-order valence-electron chi connectivity index (χ2n) is 5.25. The van der Waals surface area contributed by atoms with E-state index in [1.807, 2.05) is 0 Å². The zero-order valence-corrected chi connectivity index (χ0v) is 9.42. The number of rotatable bonds is 3. The van der Waals surface area contributed by atoms with Gasteiger partial charge in [0.05, 0.1) is 0 Å². The van der Waals surface area contributed by atoms with Gasteiger partial charge in [-0.3, -0.25) is 0 Å². The second-order valence-corrected chi connectivity index (χ2v) is 5.25. The molecule has 2 saturated carbocycles. The first-order chi connectivity index (χ1) is 7.22. The minimum Gasteiger partial charge on any atom is -0.324 e. The van der Waals surface area contributed by atoms with Gasteiger partial charge in [-0.1, -0.05) is 31.2 Å². The van der Waals surface area contributed by atoms with Crippen LogP contribution in [0.15, 0.2) is 24.3 Å². The molecule has 2 N–H and O–H groups in total. The van der Waals surface area contributed by atoms with Crippen LogP contribution < -0.4 is 5.73 Å². The molecule has 1 aromatic carbocycles. The van der Waals surface area contributed by atoms with Gasteiger partial charge in [0.25, 0.3) is 0 Å². The Hall–Kier alpha value is -0.820. The molecule has 0 saturated heterocycles. The molecule has 0 radical (unpaired) electrons. The zero-order chi connectivity index (χ0) is 10.5. The third-order valence-corrected chi connectivity index (χ3v) is 4.41. The summed E-state index contributed by atoms with van der Waals surface area (Å²) in [5, 5.41) is 0. The Morgan fingerprint density at radius 2 is 1.80 bits per heavy atom. The smallest absolute Gasteiger partial charge is 0.0253 e. The van der Waals surface area contributed by atoms with Gasteiger partial charge in [0.2, 0.25) is 0 Å². The first-order valence-corrected chi connectivity index (χ1v) is 6.09. The highest BCUT2D eigenvalue weighted by molar-refractivity contribution is 5.45. The Morgan fingerprint density at radius 1 is 1.13 bits per heavy atom. The van der Waals surface area contributed by atoms with E-state index in [9.17, 15) is 0 Å². The monoisotopic (exact) mass is 201 g/mol. The van der Waals surface area contributed by atoms with Crippen LogP contribution >= 0.6 is 0 Å². The molecule has 2 fully saturated rings. The van der Waals surface area contributed by atoms with Crippen LogP contribution in [0.5, 0.6) is 0 Å². The molecule has 15 heavy (non-hydrogen) atoms. The highest BCUT2D eigenvalue weighted by Gasteiger charge is 2.64. The number of hydrogen-bond donors (Lipinski definition) is 1. The van der Waals surface area contributed by atoms with E-state index in [0.29, 0.717) is 5.41 Å². The van der Waals surface area contributed by atoms with Gasteiger partial charge in [-0.15, -0.1) is 0 Å². The molecule has 2 aliphatic carbocycles. The molecule has 1 nitrogen and oxygen atoms in total. The van der Waals surface area contributed by atoms with Crippen molar-refractivity contribution < 1.29 is 0 Å². The molecular formula is C14H19N. The van der Waals surface area contributed by atoms with E-state index in [4.69, 9.17) is 5.73 Å². The molecule has 0 amide bonds. The van der Waals surface area contributed by atoms with E-state index in [1.165, 1.54) is 31.2 Å². The summed E-state index contributed by atoms with van der Waals surface area (Å²) in [5.41, 5.74) is 10.0. The quantitative estimate of drug-likeness (QED) is 0.799. The summed E-state index contributed by atoms with van der Waals surface area (Å²) >= 11 is 0. The highest BCUT2D eigenvalue weighted by Crippen LogP contribution is 2.64. The Morgan fingerprint density at radius 3 is 2.33 bits per heavy atom. The standard InChI is InChI=1S/C14H19N/c1-2-11-5-3-4-6-12(11)13(7-8-13)14(15)9-10-14/h3-6H,2,7-10,15H2,1H3. The van der Waals surface area contributed by atoms with Gasteiger partial charge >= 0.3 is 0 Å². The molecule has 0 atom stereocenters. The van der Waals surface area contributed by atoms with Crippen molar-refractivity contribution >= 4 is 0 Å². The van der Waals surface area contributed by atoms with Crippen LogP contribution in [0.2, 0.25) is 0 Å². The molecule has 2 aliphatic rings. The molecule has 0 heterocycles. The van der Waals surface area contributed by atoms with Gasteiger partial charge in [0, 0.05) is 11.0 Å². The van der Waals surface area contributed by atoms with E-state index in [1.54, 1.807) is 5.56 Å². The summed E-state index contributed by atoms with van der Waals surface area (Å²) < 4.78 is 0. The Balaban J connectivity index is 2.05. The lowest BCUT2D eigenvalue weighted by Gasteiger charge is -2.25. The normalized spacial score (nSPS) is 24.9. The molecule has 3 rings (SSSR count). The fourth-order valence-corrected chi connectivity index (χ4v) is 3.07. The number of aryl methyl sites for hydroxylation is 1. The van der Waals surface area contributed by atoms with Crippen molar-refractivity contribution in [2.45, 2.75) is 50.0 Å². The maximum absolute atomic E-state index is 6.44. The number of nitrogens with two attached hydrogens (primary N) is 1. The van der Waals surface area contributed by atoms with Gasteiger partial charge in [-0.2, -0.15) is 0 Å². The lowest BCUT2D eigenvalue weighted by molar-refractivity contribution is 0.500. The molecule has 0 unspecified atom stereocenters. The van der Waals surface area contributed by atoms with E-state index < -0.39 is 0 Å². The molecular weight excluding hydrogens is 182 g/mol. The van der Waals surface area contributed by atoms with E-state index >= 15 is 0 Å². The zero-order valence-electron chi connectivity index (χ0n) is 9.42. The van der Waals surface area contributed by atoms with Crippen molar-refractivity contribution in [3.8, 4) is 0 Å². The van der Waals surface area contributed by atoms with Crippen molar-refractivity contribution in [2.75, 3.05) is 0 Å². The third-order valence-electron chi connectivity index (χ3n) is 4.41. The summed E-state index contributed by atoms with van der Waals surface area (Å²) in [5.74, 6) is 0. The van der Waals surface area contributed by atoms with Crippen molar-refractivity contribution in [1.82, 2.24) is 0 Å². The maximum Gasteiger partial charge on any atom is 0.0253 e. The summed E-state index contributed by atoms with van der Waals surface area (Å²) in [6, 6.07) is 8.88. The van der Waals surface area contributed by atoms with Crippen molar-refractivity contribution in [3.05, 3.63) is 35.4 Å². The Bertz CT molecular complexity index is 386. The van der Waals surface area contributed by atoms with Crippen molar-refractivity contribution in [1.29, 1.82) is 0 Å². The predicted octanol–water partition coefficient (Wildman–Crippen LogP) is 2.77. The van der Waals surface area contributed by atoms with Crippen molar-refractivity contribution in [3.63, 3.8) is 0 Å². The molecule has 0 spiro atoms. The molecule has 80 valence electrons. The minimum absolute atomic E-state index is 0.151. The summed E-state index contributed by atoms with van der Waals surface area (Å²) in [7, 11) is 0. The maximum atomic E-state index is 6.44. The summed E-state index contributed by atoms with van der Waals surface area (Å²) in [6.07, 6.45) is 6.20. The Kier molecular flexibility index (Phi) is 1.79. The van der Waals surface area contributed by atoms with Gasteiger partial charge in [0.15, 0.2) is 0 Å². The highest BCUT2D eigenvalue weighted by atomic mass is 14.9. The molecule has 0 aliphatic heterocycles. The number of hydrogen-bond acceptors (Lipinski definition) is 1. The van der Waals surface area contributed by atoms with E-state index in [0.717, 1.165) is 6.42 Å². The second kappa shape index (κ2) is 2.85. The molecule has 0 bridgehead atoms. The fraction of sp³-hybridized carbons (Fsp3) is 0.571. The van der Waals surface area contributed by atoms with Crippen LogP contribution in [0, 0.1) is 0 Å². The van der Waals surface area contributed by atoms with Crippen LogP contribution in [0.1, 0.15) is 43.7 Å². The average Bonchev–Trinajstić information content (AvgIpc) is 3.13. The van der Waals surface area contributed by atoms with E-state index in [2.05, 4.69) is 31.2 Å². The minimum atomic E-state index is 0.151. The Labute approximate surface area is 91.7 Å².